The summed E-state index contributed by atoms with van der Waals surface area (Å²) >= 11 is 1.50. The van der Waals surface area contributed by atoms with Gasteiger partial charge in [0.1, 0.15) is 0 Å². The summed E-state index contributed by atoms with van der Waals surface area (Å²) in [5.41, 5.74) is 0.771. The molecule has 0 aliphatic rings. The first-order chi connectivity index (χ1) is 11.5. The van der Waals surface area contributed by atoms with Crippen LogP contribution in [0.25, 0.3) is 10.8 Å². The molecule has 0 bridgehead atoms. The second-order valence-corrected chi connectivity index (χ2v) is 6.18. The van der Waals surface area contributed by atoms with Crippen LogP contribution in [0.5, 0.6) is 0 Å². The zero-order valence-electron chi connectivity index (χ0n) is 12.7. The van der Waals surface area contributed by atoms with Crippen LogP contribution in [-0.2, 0) is 4.79 Å². The van der Waals surface area contributed by atoms with E-state index in [0.29, 0.717) is 5.39 Å². The summed E-state index contributed by atoms with van der Waals surface area (Å²) in [5, 5.41) is 15.2. The largest absolute Gasteiger partial charge is 0.326 e. The van der Waals surface area contributed by atoms with Gasteiger partial charge in [-0.25, -0.2) is 0 Å². The second kappa shape index (κ2) is 6.67. The van der Waals surface area contributed by atoms with E-state index in [0.717, 1.165) is 20.9 Å². The maximum Gasteiger partial charge on any atom is 0.278 e. The number of nitro benzene ring substituents is 1. The third kappa shape index (κ3) is 3.36. The minimum absolute atomic E-state index is 0.0449. The van der Waals surface area contributed by atoms with Crippen molar-refractivity contribution in [3.05, 3.63) is 65.0 Å². The molecule has 7 heteroatoms. The summed E-state index contributed by atoms with van der Waals surface area (Å²) in [7, 11) is 0. The van der Waals surface area contributed by atoms with Gasteiger partial charge in [0.15, 0.2) is 0 Å². The van der Waals surface area contributed by atoms with Gasteiger partial charge in [0.2, 0.25) is 5.91 Å². The number of pyridine rings is 1. The average molecular weight is 339 g/mol. The minimum Gasteiger partial charge on any atom is -0.326 e. The van der Waals surface area contributed by atoms with Crippen molar-refractivity contribution in [2.75, 3.05) is 5.32 Å². The van der Waals surface area contributed by atoms with Gasteiger partial charge >= 0.3 is 0 Å². The van der Waals surface area contributed by atoms with Crippen molar-refractivity contribution < 1.29 is 9.72 Å². The average Bonchev–Trinajstić information content (AvgIpc) is 2.56. The lowest BCUT2D eigenvalue weighted by Gasteiger charge is -2.08. The van der Waals surface area contributed by atoms with E-state index in [2.05, 4.69) is 10.3 Å². The number of benzene rings is 2. The molecule has 0 aliphatic heterocycles. The smallest absolute Gasteiger partial charge is 0.278 e. The molecule has 0 saturated heterocycles. The van der Waals surface area contributed by atoms with Gasteiger partial charge in [-0.3, -0.25) is 19.9 Å². The van der Waals surface area contributed by atoms with Gasteiger partial charge in [-0.1, -0.05) is 11.8 Å². The Hall–Kier alpha value is -2.93. The van der Waals surface area contributed by atoms with Crippen LogP contribution in [0.4, 0.5) is 11.4 Å². The number of anilines is 1. The van der Waals surface area contributed by atoms with Crippen molar-refractivity contribution >= 4 is 39.8 Å². The van der Waals surface area contributed by atoms with E-state index < -0.39 is 4.92 Å². The SMILES string of the molecule is CC(=O)Nc1ccc(Sc2ccc([N+](=O)[O-])c3cnccc23)cc1. The van der Waals surface area contributed by atoms with E-state index in [1.807, 2.05) is 24.3 Å². The monoisotopic (exact) mass is 339 g/mol. The van der Waals surface area contributed by atoms with Crippen molar-refractivity contribution in [3.63, 3.8) is 0 Å². The van der Waals surface area contributed by atoms with Crippen molar-refractivity contribution in [1.82, 2.24) is 4.98 Å². The molecule has 120 valence electrons. The van der Waals surface area contributed by atoms with E-state index in [1.54, 1.807) is 18.3 Å². The van der Waals surface area contributed by atoms with E-state index in [1.165, 1.54) is 30.9 Å². The number of carbonyl (C=O) groups excluding carboxylic acids is 1. The lowest BCUT2D eigenvalue weighted by Crippen LogP contribution is -2.05. The van der Waals surface area contributed by atoms with Crippen LogP contribution in [0.3, 0.4) is 0 Å². The zero-order chi connectivity index (χ0) is 17.1. The molecule has 0 fully saturated rings. The molecule has 1 N–H and O–H groups in total. The van der Waals surface area contributed by atoms with Crippen molar-refractivity contribution in [1.29, 1.82) is 0 Å². The standard InChI is InChI=1S/C17H13N3O3S/c1-11(21)19-12-2-4-13(5-3-12)24-17-7-6-16(20(22)23)15-10-18-9-8-14(15)17/h2-10H,1H3,(H,19,21). The predicted molar refractivity (Wildman–Crippen MR) is 93.3 cm³/mol. The Bertz CT molecular complexity index is 926. The van der Waals surface area contributed by atoms with Gasteiger partial charge in [0.05, 0.1) is 10.3 Å². The Morgan fingerprint density at radius 2 is 1.88 bits per heavy atom. The second-order valence-electron chi connectivity index (χ2n) is 5.07. The van der Waals surface area contributed by atoms with Crippen molar-refractivity contribution in [2.24, 2.45) is 0 Å². The van der Waals surface area contributed by atoms with Gasteiger partial charge < -0.3 is 5.32 Å². The first kappa shape index (κ1) is 15.9. The predicted octanol–water partition coefficient (Wildman–Crippen LogP) is 4.25. The van der Waals surface area contributed by atoms with Crippen LogP contribution in [0.15, 0.2) is 64.6 Å². The number of fused-ring (bicyclic) bond motifs is 1. The highest BCUT2D eigenvalue weighted by Gasteiger charge is 2.14. The number of nitro groups is 1. The summed E-state index contributed by atoms with van der Waals surface area (Å²) in [5.74, 6) is -0.121. The molecule has 24 heavy (non-hydrogen) atoms. The maximum absolute atomic E-state index is 11.1. The molecule has 1 heterocycles. The van der Waals surface area contributed by atoms with E-state index >= 15 is 0 Å². The molecule has 0 atom stereocenters. The normalized spacial score (nSPS) is 10.5. The van der Waals surface area contributed by atoms with E-state index in [4.69, 9.17) is 0 Å². The maximum atomic E-state index is 11.1. The van der Waals surface area contributed by atoms with Gasteiger partial charge in [-0.15, -0.1) is 0 Å². The van der Waals surface area contributed by atoms with Crippen LogP contribution in [0.2, 0.25) is 0 Å². The fourth-order valence-electron chi connectivity index (χ4n) is 2.33. The quantitative estimate of drug-likeness (QED) is 0.567. The van der Waals surface area contributed by atoms with Crippen LogP contribution in [-0.4, -0.2) is 15.8 Å². The Kier molecular flexibility index (Phi) is 4.43. The van der Waals surface area contributed by atoms with Gasteiger partial charge in [0, 0.05) is 46.2 Å². The van der Waals surface area contributed by atoms with Gasteiger partial charge in [-0.05, 0) is 36.4 Å². The summed E-state index contributed by atoms with van der Waals surface area (Å²) in [6.45, 7) is 1.46. The molecule has 3 rings (SSSR count). The number of hydrogen-bond donors (Lipinski definition) is 1. The summed E-state index contributed by atoms with van der Waals surface area (Å²) in [6.07, 6.45) is 3.13. The molecule has 1 amide bonds. The molecule has 6 nitrogen and oxygen atoms in total. The molecule has 2 aromatic carbocycles. The molecular weight excluding hydrogens is 326 g/mol. The fourth-order valence-corrected chi connectivity index (χ4v) is 3.28. The van der Waals surface area contributed by atoms with Gasteiger partial charge in [0.25, 0.3) is 5.69 Å². The third-order valence-electron chi connectivity index (χ3n) is 3.35. The number of rotatable bonds is 4. The number of nitrogens with zero attached hydrogens (tertiary/aromatic N) is 2. The molecule has 0 unspecified atom stereocenters. The van der Waals surface area contributed by atoms with Crippen LogP contribution in [0.1, 0.15) is 6.92 Å². The summed E-state index contributed by atoms with van der Waals surface area (Å²) < 4.78 is 0. The first-order valence-corrected chi connectivity index (χ1v) is 7.93. The number of carbonyl (C=O) groups is 1. The number of amides is 1. The lowest BCUT2D eigenvalue weighted by atomic mass is 10.1. The van der Waals surface area contributed by atoms with E-state index in [9.17, 15) is 14.9 Å². The molecule has 0 saturated carbocycles. The molecular formula is C17H13N3O3S. The third-order valence-corrected chi connectivity index (χ3v) is 4.44. The minimum atomic E-state index is -0.402. The molecule has 0 radical (unpaired) electrons. The molecule has 0 aliphatic carbocycles. The number of aromatic nitrogens is 1. The lowest BCUT2D eigenvalue weighted by molar-refractivity contribution is -0.383. The zero-order valence-corrected chi connectivity index (χ0v) is 13.5. The Labute approximate surface area is 142 Å². The first-order valence-electron chi connectivity index (χ1n) is 7.11. The van der Waals surface area contributed by atoms with Crippen LogP contribution >= 0.6 is 11.8 Å². The van der Waals surface area contributed by atoms with Crippen molar-refractivity contribution in [2.45, 2.75) is 16.7 Å². The van der Waals surface area contributed by atoms with E-state index in [-0.39, 0.29) is 11.6 Å². The van der Waals surface area contributed by atoms with Crippen LogP contribution < -0.4 is 5.32 Å². The molecule has 0 spiro atoms. The Morgan fingerprint density at radius 3 is 2.54 bits per heavy atom. The van der Waals surface area contributed by atoms with Crippen molar-refractivity contribution in [3.8, 4) is 0 Å². The number of non-ortho nitro benzene ring substituents is 1. The number of hydrogen-bond acceptors (Lipinski definition) is 5. The fraction of sp³-hybridized carbons (Fsp3) is 0.0588. The Balaban J connectivity index is 1.94. The molecule has 1 aromatic heterocycles. The topological polar surface area (TPSA) is 85.1 Å². The summed E-state index contributed by atoms with van der Waals surface area (Å²) in [4.78, 5) is 27.7. The number of nitrogens with one attached hydrogen (secondary N) is 1. The van der Waals surface area contributed by atoms with Gasteiger partial charge in [-0.2, -0.15) is 0 Å². The van der Waals surface area contributed by atoms with Crippen LogP contribution in [0, 0.1) is 10.1 Å². The summed E-state index contributed by atoms with van der Waals surface area (Å²) in [6, 6.07) is 12.4. The Morgan fingerprint density at radius 1 is 1.12 bits per heavy atom. The highest BCUT2D eigenvalue weighted by atomic mass is 32.2. The highest BCUT2D eigenvalue weighted by molar-refractivity contribution is 7.99. The highest BCUT2D eigenvalue weighted by Crippen LogP contribution is 2.37. The molecule has 3 aromatic rings.